The monoisotopic (exact) mass is 327 g/mol. The smallest absolute Gasteiger partial charge is 0.106 e. The Balaban J connectivity index is 1.77. The number of anilines is 1. The molecular weight excluding hydrogens is 314 g/mol. The average molecular weight is 328 g/mol. The summed E-state index contributed by atoms with van der Waals surface area (Å²) in [4.78, 5) is 8.70. The van der Waals surface area contributed by atoms with Crippen LogP contribution < -0.4 is 5.32 Å². The largest absolute Gasteiger partial charge is 0.380 e. The molecule has 0 fully saturated rings. The van der Waals surface area contributed by atoms with Gasteiger partial charge in [0.25, 0.3) is 0 Å². The first-order valence-electron chi connectivity index (χ1n) is 6.42. The zero-order valence-corrected chi connectivity index (χ0v) is 12.7. The summed E-state index contributed by atoms with van der Waals surface area (Å²) in [5.41, 5.74) is 4.32. The predicted molar refractivity (Wildman–Crippen MR) is 85.7 cm³/mol. The van der Waals surface area contributed by atoms with Crippen molar-refractivity contribution in [3.8, 4) is 0 Å². The number of nitrogens with one attached hydrogen (secondary N) is 1. The van der Waals surface area contributed by atoms with Crippen molar-refractivity contribution in [2.45, 2.75) is 13.5 Å². The van der Waals surface area contributed by atoms with Crippen LogP contribution in [0.5, 0.6) is 0 Å². The number of fused-ring (bicyclic) bond motifs is 1. The maximum atomic E-state index is 4.51. The van der Waals surface area contributed by atoms with Crippen molar-refractivity contribution in [2.24, 2.45) is 0 Å². The second kappa shape index (κ2) is 5.59. The fourth-order valence-electron chi connectivity index (χ4n) is 2.07. The molecule has 100 valence electrons. The van der Waals surface area contributed by atoms with Gasteiger partial charge in [-0.1, -0.05) is 12.1 Å². The minimum atomic E-state index is 0.771. The third kappa shape index (κ3) is 2.96. The lowest BCUT2D eigenvalue weighted by molar-refractivity contribution is 1.13. The molecule has 0 atom stereocenters. The van der Waals surface area contributed by atoms with E-state index in [2.05, 4.69) is 55.5 Å². The molecule has 0 aliphatic rings. The van der Waals surface area contributed by atoms with E-state index in [1.807, 2.05) is 31.3 Å². The Morgan fingerprint density at radius 1 is 1.10 bits per heavy atom. The van der Waals surface area contributed by atoms with E-state index in [1.165, 1.54) is 10.9 Å². The Bertz CT molecular complexity index is 738. The van der Waals surface area contributed by atoms with Crippen LogP contribution in [-0.2, 0) is 6.54 Å². The average Bonchev–Trinajstić information content (AvgIpc) is 2.46. The van der Waals surface area contributed by atoms with Crippen molar-refractivity contribution in [1.82, 2.24) is 9.97 Å². The van der Waals surface area contributed by atoms with Gasteiger partial charge in [-0.05, 0) is 58.7 Å². The van der Waals surface area contributed by atoms with Crippen LogP contribution in [0.25, 0.3) is 10.9 Å². The molecule has 0 amide bonds. The summed E-state index contributed by atoms with van der Waals surface area (Å²) in [5, 5.41) is 4.53. The number of nitrogens with zero attached hydrogens (tertiary/aromatic N) is 2. The van der Waals surface area contributed by atoms with Crippen LogP contribution in [0, 0.1) is 6.92 Å². The summed E-state index contributed by atoms with van der Waals surface area (Å²) >= 11 is 3.33. The van der Waals surface area contributed by atoms with Crippen LogP contribution in [-0.4, -0.2) is 9.97 Å². The summed E-state index contributed by atoms with van der Waals surface area (Å²) in [7, 11) is 0. The van der Waals surface area contributed by atoms with Crippen molar-refractivity contribution < 1.29 is 0 Å². The molecule has 0 radical (unpaired) electrons. The highest BCUT2D eigenvalue weighted by Crippen LogP contribution is 2.16. The summed E-state index contributed by atoms with van der Waals surface area (Å²) < 4.78 is 0.843. The first-order valence-corrected chi connectivity index (χ1v) is 7.22. The number of benzene rings is 1. The molecule has 3 aromatic rings. The highest BCUT2D eigenvalue weighted by molar-refractivity contribution is 9.10. The van der Waals surface area contributed by atoms with Gasteiger partial charge in [0.15, 0.2) is 0 Å². The number of hydrogen-bond donors (Lipinski definition) is 1. The first kappa shape index (κ1) is 13.1. The van der Waals surface area contributed by atoms with Gasteiger partial charge in [0.05, 0.1) is 17.4 Å². The second-order valence-electron chi connectivity index (χ2n) is 4.70. The van der Waals surface area contributed by atoms with Gasteiger partial charge >= 0.3 is 0 Å². The quantitative estimate of drug-likeness (QED) is 0.728. The van der Waals surface area contributed by atoms with Crippen LogP contribution in [0.2, 0.25) is 0 Å². The summed E-state index contributed by atoms with van der Waals surface area (Å²) in [6.07, 6.45) is 1.82. The lowest BCUT2D eigenvalue weighted by atomic mass is 10.1. The van der Waals surface area contributed by atoms with Crippen LogP contribution in [0.3, 0.4) is 0 Å². The molecular formula is C16H14BrN3. The Morgan fingerprint density at radius 2 is 2.00 bits per heavy atom. The summed E-state index contributed by atoms with van der Waals surface area (Å²) in [6.45, 7) is 2.78. The number of rotatable bonds is 3. The van der Waals surface area contributed by atoms with Crippen LogP contribution in [0.1, 0.15) is 11.3 Å². The molecule has 3 nitrogen and oxygen atoms in total. The predicted octanol–water partition coefficient (Wildman–Crippen LogP) is 4.31. The Morgan fingerprint density at radius 3 is 2.80 bits per heavy atom. The molecule has 4 heteroatoms. The van der Waals surface area contributed by atoms with Gasteiger partial charge in [0.2, 0.25) is 0 Å². The molecule has 0 aliphatic heterocycles. The van der Waals surface area contributed by atoms with Gasteiger partial charge in [-0.15, -0.1) is 0 Å². The number of halogens is 1. The van der Waals surface area contributed by atoms with E-state index in [9.17, 15) is 0 Å². The van der Waals surface area contributed by atoms with Crippen molar-refractivity contribution in [3.05, 3.63) is 64.5 Å². The van der Waals surface area contributed by atoms with E-state index in [0.717, 1.165) is 28.0 Å². The lowest BCUT2D eigenvalue weighted by Gasteiger charge is -2.07. The van der Waals surface area contributed by atoms with E-state index >= 15 is 0 Å². The molecule has 1 aromatic carbocycles. The molecule has 0 bridgehead atoms. The molecule has 2 heterocycles. The summed E-state index contributed by atoms with van der Waals surface area (Å²) in [5.74, 6) is 0. The fraction of sp³-hybridized carbons (Fsp3) is 0.125. The Labute approximate surface area is 126 Å². The van der Waals surface area contributed by atoms with Crippen LogP contribution in [0.4, 0.5) is 5.69 Å². The van der Waals surface area contributed by atoms with Gasteiger partial charge in [-0.3, -0.25) is 4.98 Å². The van der Waals surface area contributed by atoms with Crippen LogP contribution in [0.15, 0.2) is 53.3 Å². The minimum Gasteiger partial charge on any atom is -0.380 e. The zero-order chi connectivity index (χ0) is 13.9. The van der Waals surface area contributed by atoms with Gasteiger partial charge < -0.3 is 5.32 Å². The van der Waals surface area contributed by atoms with Crippen LogP contribution >= 0.6 is 15.9 Å². The van der Waals surface area contributed by atoms with E-state index in [4.69, 9.17) is 0 Å². The number of pyridine rings is 2. The van der Waals surface area contributed by atoms with Crippen molar-refractivity contribution in [2.75, 3.05) is 5.32 Å². The van der Waals surface area contributed by atoms with Crippen molar-refractivity contribution >= 4 is 32.5 Å². The second-order valence-corrected chi connectivity index (χ2v) is 5.52. The molecule has 0 saturated heterocycles. The summed E-state index contributed by atoms with van der Waals surface area (Å²) in [6, 6.07) is 14.4. The SMILES string of the molecule is Cc1ccc2cc(CNc3ccc(Br)nc3)ccc2n1. The van der Waals surface area contributed by atoms with Crippen molar-refractivity contribution in [3.63, 3.8) is 0 Å². The molecule has 0 unspecified atom stereocenters. The van der Waals surface area contributed by atoms with E-state index in [-0.39, 0.29) is 0 Å². The van der Waals surface area contributed by atoms with E-state index in [0.29, 0.717) is 0 Å². The third-order valence-corrected chi connectivity index (χ3v) is 3.59. The van der Waals surface area contributed by atoms with Gasteiger partial charge in [0.1, 0.15) is 4.60 Å². The number of aryl methyl sites for hydroxylation is 1. The maximum Gasteiger partial charge on any atom is 0.106 e. The van der Waals surface area contributed by atoms with Gasteiger partial charge in [-0.25, -0.2) is 4.98 Å². The van der Waals surface area contributed by atoms with E-state index < -0.39 is 0 Å². The third-order valence-electron chi connectivity index (χ3n) is 3.12. The molecule has 1 N–H and O–H groups in total. The highest BCUT2D eigenvalue weighted by Gasteiger charge is 1.99. The number of hydrogen-bond acceptors (Lipinski definition) is 3. The zero-order valence-electron chi connectivity index (χ0n) is 11.1. The highest BCUT2D eigenvalue weighted by atomic mass is 79.9. The molecule has 0 aliphatic carbocycles. The minimum absolute atomic E-state index is 0.771. The Kier molecular flexibility index (Phi) is 3.65. The number of aromatic nitrogens is 2. The molecule has 20 heavy (non-hydrogen) atoms. The maximum absolute atomic E-state index is 4.51. The molecule has 0 saturated carbocycles. The normalized spacial score (nSPS) is 10.7. The van der Waals surface area contributed by atoms with E-state index in [1.54, 1.807) is 0 Å². The fourth-order valence-corrected chi connectivity index (χ4v) is 2.31. The topological polar surface area (TPSA) is 37.8 Å². The van der Waals surface area contributed by atoms with Gasteiger partial charge in [-0.2, -0.15) is 0 Å². The Hall–Kier alpha value is -1.94. The first-order chi connectivity index (χ1) is 9.70. The molecule has 0 spiro atoms. The molecule has 3 rings (SSSR count). The van der Waals surface area contributed by atoms with Gasteiger partial charge in [0, 0.05) is 17.6 Å². The van der Waals surface area contributed by atoms with Crippen molar-refractivity contribution in [1.29, 1.82) is 0 Å². The molecule has 2 aromatic heterocycles. The lowest BCUT2D eigenvalue weighted by Crippen LogP contribution is -1.99. The standard InChI is InChI=1S/C16H14BrN3/c1-11-2-4-13-8-12(3-6-15(13)20-11)9-18-14-5-7-16(17)19-10-14/h2-8,10,18H,9H2,1H3.